The number of hydrogen-bond acceptors (Lipinski definition) is 3. The summed E-state index contributed by atoms with van der Waals surface area (Å²) in [6, 6.07) is 1.76. The van der Waals surface area contributed by atoms with Crippen LogP contribution in [0.1, 0.15) is 28.8 Å². The van der Waals surface area contributed by atoms with Crippen LogP contribution >= 0.6 is 0 Å². The maximum Gasteiger partial charge on any atom is 0.170 e. The highest BCUT2D eigenvalue weighted by Gasteiger charge is 2.06. The Morgan fingerprint density at radius 2 is 2.36 bits per heavy atom. The van der Waals surface area contributed by atoms with Crippen LogP contribution in [0.5, 0.6) is 0 Å². The highest BCUT2D eigenvalue weighted by atomic mass is 16.1. The van der Waals surface area contributed by atoms with Gasteiger partial charge in [-0.2, -0.15) is 5.10 Å². The van der Waals surface area contributed by atoms with Crippen molar-refractivity contribution in [2.24, 2.45) is 0 Å². The molecule has 0 aliphatic heterocycles. The van der Waals surface area contributed by atoms with Crippen LogP contribution in [0.2, 0.25) is 0 Å². The second-order valence-corrected chi connectivity index (χ2v) is 3.20. The van der Waals surface area contributed by atoms with Crippen LogP contribution in [-0.4, -0.2) is 20.9 Å². The smallest absolute Gasteiger partial charge is 0.170 e. The Morgan fingerprint density at radius 3 is 3.00 bits per heavy atom. The number of aromatic nitrogens is 3. The third-order valence-corrected chi connectivity index (χ3v) is 2.13. The molecule has 0 saturated carbocycles. The number of aryl methyl sites for hydroxylation is 2. The van der Waals surface area contributed by atoms with Gasteiger partial charge in [0.05, 0.1) is 23.1 Å². The van der Waals surface area contributed by atoms with E-state index in [9.17, 15) is 4.79 Å². The van der Waals surface area contributed by atoms with Crippen molar-refractivity contribution in [2.45, 2.75) is 20.3 Å². The molecule has 0 aliphatic rings. The summed E-state index contributed by atoms with van der Waals surface area (Å²) in [5.41, 5.74) is 3.26. The topological polar surface area (TPSA) is 47.3 Å². The maximum absolute atomic E-state index is 10.6. The van der Waals surface area contributed by atoms with E-state index in [1.807, 2.05) is 20.0 Å². The normalized spacial score (nSPS) is 10.7. The largest absolute Gasteiger partial charge is 0.296 e. The van der Waals surface area contributed by atoms with Crippen molar-refractivity contribution in [2.75, 3.05) is 0 Å². The van der Waals surface area contributed by atoms with Gasteiger partial charge in [-0.3, -0.25) is 9.78 Å². The molecule has 0 N–H and O–H groups in total. The van der Waals surface area contributed by atoms with Crippen molar-refractivity contribution in [3.63, 3.8) is 0 Å². The summed E-state index contributed by atoms with van der Waals surface area (Å²) in [7, 11) is 0. The Labute approximate surface area is 81.6 Å². The SMILES string of the molecule is CCc1nc(C)cn2nc(C=O)cc12. The molecule has 0 amide bonds. The van der Waals surface area contributed by atoms with Crippen molar-refractivity contribution in [1.82, 2.24) is 14.6 Å². The first-order valence-corrected chi connectivity index (χ1v) is 4.55. The van der Waals surface area contributed by atoms with E-state index < -0.39 is 0 Å². The second-order valence-electron chi connectivity index (χ2n) is 3.20. The van der Waals surface area contributed by atoms with Gasteiger partial charge in [0, 0.05) is 0 Å². The molecule has 0 unspecified atom stereocenters. The van der Waals surface area contributed by atoms with Crippen LogP contribution in [-0.2, 0) is 6.42 Å². The Hall–Kier alpha value is -1.71. The number of aldehydes is 1. The molecule has 2 aromatic heterocycles. The Morgan fingerprint density at radius 1 is 1.57 bits per heavy atom. The molecule has 0 saturated heterocycles. The standard InChI is InChI=1S/C10H11N3O/c1-3-9-10-4-8(6-14)12-13(10)5-7(2)11-9/h4-6H,3H2,1-2H3. The van der Waals surface area contributed by atoms with Crippen molar-refractivity contribution in [3.8, 4) is 0 Å². The lowest BCUT2D eigenvalue weighted by molar-refractivity contribution is 0.111. The predicted molar refractivity (Wildman–Crippen MR) is 52.5 cm³/mol. The molecule has 0 radical (unpaired) electrons. The van der Waals surface area contributed by atoms with Gasteiger partial charge in [0.25, 0.3) is 0 Å². The van der Waals surface area contributed by atoms with E-state index in [1.165, 1.54) is 0 Å². The van der Waals surface area contributed by atoms with E-state index in [2.05, 4.69) is 10.1 Å². The minimum atomic E-state index is 0.451. The lowest BCUT2D eigenvalue weighted by Gasteiger charge is -2.01. The molecule has 0 atom stereocenters. The van der Waals surface area contributed by atoms with E-state index >= 15 is 0 Å². The molecule has 4 heteroatoms. The van der Waals surface area contributed by atoms with Gasteiger partial charge >= 0.3 is 0 Å². The van der Waals surface area contributed by atoms with Crippen LogP contribution in [0.3, 0.4) is 0 Å². The molecular formula is C10H11N3O. The number of rotatable bonds is 2. The van der Waals surface area contributed by atoms with E-state index in [-0.39, 0.29) is 0 Å². The minimum Gasteiger partial charge on any atom is -0.296 e. The number of fused-ring (bicyclic) bond motifs is 1. The fourth-order valence-electron chi connectivity index (χ4n) is 1.52. The zero-order valence-corrected chi connectivity index (χ0v) is 8.19. The van der Waals surface area contributed by atoms with Gasteiger partial charge in [0.15, 0.2) is 6.29 Å². The molecular weight excluding hydrogens is 178 g/mol. The van der Waals surface area contributed by atoms with Crippen LogP contribution in [0, 0.1) is 6.92 Å². The van der Waals surface area contributed by atoms with Crippen molar-refractivity contribution in [3.05, 3.63) is 29.3 Å². The second kappa shape index (κ2) is 3.21. The fraction of sp³-hybridized carbons (Fsp3) is 0.300. The molecule has 14 heavy (non-hydrogen) atoms. The monoisotopic (exact) mass is 189 g/mol. The minimum absolute atomic E-state index is 0.451. The summed E-state index contributed by atoms with van der Waals surface area (Å²) in [5.74, 6) is 0. The van der Waals surface area contributed by atoms with Crippen molar-refractivity contribution >= 4 is 11.8 Å². The van der Waals surface area contributed by atoms with E-state index in [0.717, 1.165) is 29.6 Å². The zero-order valence-electron chi connectivity index (χ0n) is 8.19. The van der Waals surface area contributed by atoms with Crippen molar-refractivity contribution in [1.29, 1.82) is 0 Å². The lowest BCUT2D eigenvalue weighted by Crippen LogP contribution is -1.98. The van der Waals surface area contributed by atoms with Crippen LogP contribution in [0.4, 0.5) is 0 Å². The third kappa shape index (κ3) is 1.28. The first kappa shape index (κ1) is 8.87. The molecule has 0 bridgehead atoms. The molecule has 2 rings (SSSR count). The number of carbonyl (C=O) groups excluding carboxylic acids is 1. The van der Waals surface area contributed by atoms with Crippen LogP contribution in [0.15, 0.2) is 12.3 Å². The zero-order chi connectivity index (χ0) is 10.1. The van der Waals surface area contributed by atoms with Crippen LogP contribution in [0.25, 0.3) is 5.52 Å². The van der Waals surface area contributed by atoms with Crippen LogP contribution < -0.4 is 0 Å². The van der Waals surface area contributed by atoms with Crippen molar-refractivity contribution < 1.29 is 4.79 Å². The van der Waals surface area contributed by atoms with Gasteiger partial charge in [0.2, 0.25) is 0 Å². The molecule has 4 nitrogen and oxygen atoms in total. The summed E-state index contributed by atoms with van der Waals surface area (Å²) < 4.78 is 1.71. The third-order valence-electron chi connectivity index (χ3n) is 2.13. The summed E-state index contributed by atoms with van der Waals surface area (Å²) in [4.78, 5) is 15.0. The average Bonchev–Trinajstić information content (AvgIpc) is 2.59. The molecule has 0 aromatic carbocycles. The Bertz CT molecular complexity index is 487. The molecule has 0 fully saturated rings. The van der Waals surface area contributed by atoms with Gasteiger partial charge in [-0.1, -0.05) is 6.92 Å². The summed E-state index contributed by atoms with van der Waals surface area (Å²) >= 11 is 0. The van der Waals surface area contributed by atoms with Gasteiger partial charge in [-0.05, 0) is 19.4 Å². The van der Waals surface area contributed by atoms with E-state index in [1.54, 1.807) is 10.6 Å². The summed E-state index contributed by atoms with van der Waals surface area (Å²) in [6.07, 6.45) is 3.42. The van der Waals surface area contributed by atoms with E-state index in [4.69, 9.17) is 0 Å². The molecule has 2 aromatic rings. The first-order valence-electron chi connectivity index (χ1n) is 4.55. The molecule has 0 spiro atoms. The molecule has 0 aliphatic carbocycles. The Balaban J connectivity index is 2.77. The predicted octanol–water partition coefficient (Wildman–Crippen LogP) is 1.41. The Kier molecular flexibility index (Phi) is 2.04. The number of hydrogen-bond donors (Lipinski definition) is 0. The molecule has 72 valence electrons. The van der Waals surface area contributed by atoms with E-state index in [0.29, 0.717) is 5.69 Å². The highest BCUT2D eigenvalue weighted by Crippen LogP contribution is 2.11. The number of nitrogens with zero attached hydrogens (tertiary/aromatic N) is 3. The van der Waals surface area contributed by atoms with Gasteiger partial charge < -0.3 is 0 Å². The van der Waals surface area contributed by atoms with Gasteiger partial charge in [0.1, 0.15) is 5.69 Å². The highest BCUT2D eigenvalue weighted by molar-refractivity contribution is 5.75. The van der Waals surface area contributed by atoms with Gasteiger partial charge in [-0.15, -0.1) is 0 Å². The summed E-state index contributed by atoms with van der Waals surface area (Å²) in [5, 5.41) is 4.11. The molecule has 2 heterocycles. The number of carbonyl (C=O) groups is 1. The average molecular weight is 189 g/mol. The summed E-state index contributed by atoms with van der Waals surface area (Å²) in [6.45, 7) is 3.95. The fourth-order valence-corrected chi connectivity index (χ4v) is 1.52. The lowest BCUT2D eigenvalue weighted by atomic mass is 10.2. The van der Waals surface area contributed by atoms with Gasteiger partial charge in [-0.25, -0.2) is 4.52 Å². The quantitative estimate of drug-likeness (QED) is 0.671. The first-order chi connectivity index (χ1) is 6.74. The maximum atomic E-state index is 10.6.